The number of benzene rings is 1. The monoisotopic (exact) mass is 305 g/mol. The van der Waals surface area contributed by atoms with E-state index in [1.807, 2.05) is 36.1 Å². The number of methoxy groups -OCH3 is 1. The largest absolute Gasteiger partial charge is 0.497 e. The number of amides is 1. The zero-order valence-corrected chi connectivity index (χ0v) is 13.6. The van der Waals surface area contributed by atoms with E-state index in [1.165, 1.54) is 0 Å². The minimum absolute atomic E-state index is 0.214. The molecule has 0 radical (unpaired) electrons. The van der Waals surface area contributed by atoms with Gasteiger partial charge in [0.05, 0.1) is 13.2 Å². The lowest BCUT2D eigenvalue weighted by atomic mass is 9.90. The van der Waals surface area contributed by atoms with Crippen molar-refractivity contribution in [3.8, 4) is 5.75 Å². The first kappa shape index (κ1) is 16.8. The van der Waals surface area contributed by atoms with Crippen LogP contribution in [0.5, 0.6) is 5.75 Å². The molecule has 1 amide bonds. The van der Waals surface area contributed by atoms with Crippen LogP contribution in [-0.2, 0) is 11.2 Å². The third-order valence-electron chi connectivity index (χ3n) is 4.62. The van der Waals surface area contributed by atoms with Crippen LogP contribution in [0.2, 0.25) is 0 Å². The zero-order valence-electron chi connectivity index (χ0n) is 13.6. The number of ether oxygens (including phenoxy) is 1. The summed E-state index contributed by atoms with van der Waals surface area (Å²) >= 11 is 0. The molecule has 2 rings (SSSR count). The quantitative estimate of drug-likeness (QED) is 0.879. The standard InChI is InChI=1S/C18H27NO3/c1-3-17(20)15-9-11-19(12-10-15)18(21)8-7-14-5-4-6-16(13-14)22-2/h4-6,13,15,17,20H,3,7-12H2,1-2H3. The molecule has 0 bridgehead atoms. The van der Waals surface area contributed by atoms with Gasteiger partial charge in [0, 0.05) is 19.5 Å². The molecule has 1 atom stereocenters. The zero-order chi connectivity index (χ0) is 15.9. The molecular weight excluding hydrogens is 278 g/mol. The molecule has 0 spiro atoms. The molecule has 1 heterocycles. The van der Waals surface area contributed by atoms with E-state index in [0.717, 1.165) is 50.1 Å². The van der Waals surface area contributed by atoms with Gasteiger partial charge < -0.3 is 14.7 Å². The fourth-order valence-corrected chi connectivity index (χ4v) is 3.10. The first-order valence-electron chi connectivity index (χ1n) is 8.22. The minimum Gasteiger partial charge on any atom is -0.497 e. The number of carbonyl (C=O) groups excluding carboxylic acids is 1. The Morgan fingerprint density at radius 2 is 2.14 bits per heavy atom. The number of carbonyl (C=O) groups is 1. The van der Waals surface area contributed by atoms with Crippen LogP contribution >= 0.6 is 0 Å². The van der Waals surface area contributed by atoms with Gasteiger partial charge in [-0.25, -0.2) is 0 Å². The topological polar surface area (TPSA) is 49.8 Å². The Labute approximate surface area is 133 Å². The molecule has 1 aliphatic rings. The molecule has 4 heteroatoms. The highest BCUT2D eigenvalue weighted by Crippen LogP contribution is 2.23. The van der Waals surface area contributed by atoms with E-state index in [1.54, 1.807) is 7.11 Å². The molecule has 0 aliphatic carbocycles. The summed E-state index contributed by atoms with van der Waals surface area (Å²) in [4.78, 5) is 14.2. The van der Waals surface area contributed by atoms with Gasteiger partial charge in [-0.2, -0.15) is 0 Å². The van der Waals surface area contributed by atoms with Gasteiger partial charge in [0.25, 0.3) is 0 Å². The molecule has 1 unspecified atom stereocenters. The smallest absolute Gasteiger partial charge is 0.222 e. The Balaban J connectivity index is 1.78. The second kappa shape index (κ2) is 8.18. The lowest BCUT2D eigenvalue weighted by Crippen LogP contribution is -2.41. The summed E-state index contributed by atoms with van der Waals surface area (Å²) in [6.45, 7) is 3.56. The van der Waals surface area contributed by atoms with Crippen LogP contribution in [0.15, 0.2) is 24.3 Å². The summed E-state index contributed by atoms with van der Waals surface area (Å²) in [6.07, 6.45) is 3.70. The van der Waals surface area contributed by atoms with Crippen molar-refractivity contribution in [3.63, 3.8) is 0 Å². The average Bonchev–Trinajstić information content (AvgIpc) is 2.59. The van der Waals surface area contributed by atoms with Crippen LogP contribution in [0, 0.1) is 5.92 Å². The summed E-state index contributed by atoms with van der Waals surface area (Å²) in [5.41, 5.74) is 1.13. The first-order chi connectivity index (χ1) is 10.6. The van der Waals surface area contributed by atoms with Crippen LogP contribution < -0.4 is 4.74 Å². The first-order valence-corrected chi connectivity index (χ1v) is 8.22. The summed E-state index contributed by atoms with van der Waals surface area (Å²) in [5, 5.41) is 9.89. The van der Waals surface area contributed by atoms with Crippen LogP contribution in [0.4, 0.5) is 0 Å². The van der Waals surface area contributed by atoms with Gasteiger partial charge >= 0.3 is 0 Å². The number of aliphatic hydroxyl groups excluding tert-OH is 1. The molecule has 1 aliphatic heterocycles. The van der Waals surface area contributed by atoms with Crippen molar-refractivity contribution >= 4 is 5.91 Å². The van der Waals surface area contributed by atoms with Gasteiger partial charge in [0.1, 0.15) is 5.75 Å². The normalized spacial score (nSPS) is 17.3. The van der Waals surface area contributed by atoms with E-state index in [9.17, 15) is 9.90 Å². The molecular formula is C18H27NO3. The average molecular weight is 305 g/mol. The Morgan fingerprint density at radius 1 is 1.41 bits per heavy atom. The lowest BCUT2D eigenvalue weighted by Gasteiger charge is -2.34. The predicted octanol–water partition coefficient (Wildman–Crippen LogP) is 2.64. The van der Waals surface area contributed by atoms with Gasteiger partial charge in [-0.05, 0) is 49.3 Å². The third kappa shape index (κ3) is 4.47. The summed E-state index contributed by atoms with van der Waals surface area (Å²) in [6, 6.07) is 7.88. The van der Waals surface area contributed by atoms with Crippen molar-refractivity contribution in [2.75, 3.05) is 20.2 Å². The maximum absolute atomic E-state index is 12.3. The maximum Gasteiger partial charge on any atom is 0.222 e. The van der Waals surface area contributed by atoms with E-state index in [0.29, 0.717) is 12.3 Å². The molecule has 0 saturated carbocycles. The minimum atomic E-state index is -0.214. The highest BCUT2D eigenvalue weighted by Gasteiger charge is 2.26. The number of aliphatic hydroxyl groups is 1. The van der Waals surface area contributed by atoms with E-state index >= 15 is 0 Å². The predicted molar refractivity (Wildman–Crippen MR) is 86.9 cm³/mol. The molecule has 1 saturated heterocycles. The van der Waals surface area contributed by atoms with Gasteiger partial charge in [0.15, 0.2) is 0 Å². The van der Waals surface area contributed by atoms with Crippen molar-refractivity contribution < 1.29 is 14.6 Å². The number of hydrogen-bond donors (Lipinski definition) is 1. The van der Waals surface area contributed by atoms with Crippen molar-refractivity contribution in [3.05, 3.63) is 29.8 Å². The Kier molecular flexibility index (Phi) is 6.25. The molecule has 1 N–H and O–H groups in total. The van der Waals surface area contributed by atoms with Gasteiger partial charge in [-0.3, -0.25) is 4.79 Å². The van der Waals surface area contributed by atoms with Crippen LogP contribution in [-0.4, -0.2) is 42.2 Å². The van der Waals surface area contributed by atoms with E-state index in [-0.39, 0.29) is 12.0 Å². The molecule has 22 heavy (non-hydrogen) atoms. The fourth-order valence-electron chi connectivity index (χ4n) is 3.10. The van der Waals surface area contributed by atoms with E-state index in [4.69, 9.17) is 4.74 Å². The van der Waals surface area contributed by atoms with E-state index < -0.39 is 0 Å². The summed E-state index contributed by atoms with van der Waals surface area (Å²) < 4.78 is 5.20. The van der Waals surface area contributed by atoms with Crippen molar-refractivity contribution in [2.45, 2.75) is 45.1 Å². The van der Waals surface area contributed by atoms with Crippen LogP contribution in [0.1, 0.15) is 38.2 Å². The summed E-state index contributed by atoms with van der Waals surface area (Å²) in [7, 11) is 1.65. The second-order valence-corrected chi connectivity index (χ2v) is 6.05. The Hall–Kier alpha value is -1.55. The highest BCUT2D eigenvalue weighted by molar-refractivity contribution is 5.76. The molecule has 1 fully saturated rings. The molecule has 122 valence electrons. The number of piperidine rings is 1. The Bertz CT molecular complexity index is 481. The third-order valence-corrected chi connectivity index (χ3v) is 4.62. The van der Waals surface area contributed by atoms with Crippen molar-refractivity contribution in [2.24, 2.45) is 5.92 Å². The number of rotatable bonds is 6. The molecule has 1 aromatic rings. The van der Waals surface area contributed by atoms with E-state index in [2.05, 4.69) is 0 Å². The number of aryl methyl sites for hydroxylation is 1. The molecule has 0 aromatic heterocycles. The molecule has 4 nitrogen and oxygen atoms in total. The van der Waals surface area contributed by atoms with Crippen LogP contribution in [0.25, 0.3) is 0 Å². The van der Waals surface area contributed by atoms with Crippen LogP contribution in [0.3, 0.4) is 0 Å². The Morgan fingerprint density at radius 3 is 2.77 bits per heavy atom. The number of likely N-dealkylation sites (tertiary alicyclic amines) is 1. The SMILES string of the molecule is CCC(O)C1CCN(C(=O)CCc2cccc(OC)c2)CC1. The van der Waals surface area contributed by atoms with Gasteiger partial charge in [0.2, 0.25) is 5.91 Å². The number of hydrogen-bond acceptors (Lipinski definition) is 3. The summed E-state index contributed by atoms with van der Waals surface area (Å²) in [5.74, 6) is 1.40. The van der Waals surface area contributed by atoms with Crippen molar-refractivity contribution in [1.29, 1.82) is 0 Å². The number of nitrogens with zero attached hydrogens (tertiary/aromatic N) is 1. The lowest BCUT2D eigenvalue weighted by molar-refractivity contribution is -0.133. The second-order valence-electron chi connectivity index (χ2n) is 6.05. The fraction of sp³-hybridized carbons (Fsp3) is 0.611. The van der Waals surface area contributed by atoms with Gasteiger partial charge in [-0.15, -0.1) is 0 Å². The molecule has 1 aromatic carbocycles. The maximum atomic E-state index is 12.3. The highest BCUT2D eigenvalue weighted by atomic mass is 16.5. The van der Waals surface area contributed by atoms with Crippen molar-refractivity contribution in [1.82, 2.24) is 4.90 Å². The van der Waals surface area contributed by atoms with Gasteiger partial charge in [-0.1, -0.05) is 19.1 Å².